The van der Waals surface area contributed by atoms with E-state index in [1.54, 1.807) is 17.3 Å². The van der Waals surface area contributed by atoms with Crippen molar-refractivity contribution in [3.8, 4) is 11.1 Å². The summed E-state index contributed by atoms with van der Waals surface area (Å²) < 4.78 is 26.8. The molecule has 1 saturated heterocycles. The number of allylic oxidation sites excluding steroid dienone is 1. The molecule has 0 amide bonds. The minimum Gasteiger partial charge on any atom is -0.379 e. The lowest BCUT2D eigenvalue weighted by Gasteiger charge is -2.22. The molecule has 1 unspecified atom stereocenters. The molecule has 2 aromatic rings. The van der Waals surface area contributed by atoms with Crippen molar-refractivity contribution in [3.63, 3.8) is 0 Å². The lowest BCUT2D eigenvalue weighted by Crippen LogP contribution is -2.24. The zero-order valence-corrected chi connectivity index (χ0v) is 15.1. The first-order chi connectivity index (χ1) is 12.9. The van der Waals surface area contributed by atoms with Crippen molar-refractivity contribution in [2.75, 3.05) is 18.4 Å². The van der Waals surface area contributed by atoms with E-state index in [1.165, 1.54) is 0 Å². The van der Waals surface area contributed by atoms with Crippen LogP contribution in [0.25, 0.3) is 16.7 Å². The number of carbonyl (C=O) groups excluding carboxylic acids is 1. The monoisotopic (exact) mass is 369 g/mol. The SMILES string of the molecule is CC1C=C(C=O)c2cc(-c3cncc(CN4CCC(F)(F)C4)c3)ccc2N1. The molecule has 0 saturated carbocycles. The van der Waals surface area contributed by atoms with Crippen molar-refractivity contribution in [1.82, 2.24) is 9.88 Å². The molecule has 0 bridgehead atoms. The van der Waals surface area contributed by atoms with Gasteiger partial charge < -0.3 is 5.32 Å². The molecule has 1 aromatic carbocycles. The zero-order valence-electron chi connectivity index (χ0n) is 15.1. The smallest absolute Gasteiger partial charge is 0.261 e. The lowest BCUT2D eigenvalue weighted by molar-refractivity contribution is -0.103. The summed E-state index contributed by atoms with van der Waals surface area (Å²) in [6.07, 6.45) is 6.17. The number of benzene rings is 1. The number of likely N-dealkylation sites (tertiary alicyclic amines) is 1. The number of hydrogen-bond donors (Lipinski definition) is 1. The molecule has 2 aliphatic heterocycles. The normalized spacial score (nSPS) is 21.3. The van der Waals surface area contributed by atoms with Gasteiger partial charge >= 0.3 is 0 Å². The van der Waals surface area contributed by atoms with E-state index in [0.29, 0.717) is 18.7 Å². The highest BCUT2D eigenvalue weighted by Gasteiger charge is 2.37. The van der Waals surface area contributed by atoms with Crippen LogP contribution in [0.2, 0.25) is 0 Å². The Labute approximate surface area is 156 Å². The third-order valence-electron chi connectivity index (χ3n) is 5.05. The largest absolute Gasteiger partial charge is 0.379 e. The quantitative estimate of drug-likeness (QED) is 0.828. The predicted molar refractivity (Wildman–Crippen MR) is 102 cm³/mol. The number of halogens is 2. The highest BCUT2D eigenvalue weighted by atomic mass is 19.3. The molecule has 140 valence electrons. The molecule has 27 heavy (non-hydrogen) atoms. The van der Waals surface area contributed by atoms with Gasteiger partial charge in [0, 0.05) is 60.3 Å². The molecular formula is C21H21F2N3O. The maximum atomic E-state index is 13.4. The maximum absolute atomic E-state index is 13.4. The Morgan fingerprint density at radius 1 is 1.30 bits per heavy atom. The first kappa shape index (κ1) is 17.8. The number of fused-ring (bicyclic) bond motifs is 1. The number of nitrogens with one attached hydrogen (secondary N) is 1. The van der Waals surface area contributed by atoms with Crippen LogP contribution in [0.15, 0.2) is 42.7 Å². The van der Waals surface area contributed by atoms with E-state index in [2.05, 4.69) is 10.3 Å². The summed E-state index contributed by atoms with van der Waals surface area (Å²) in [5.74, 6) is -2.59. The minimum atomic E-state index is -2.59. The van der Waals surface area contributed by atoms with Crippen LogP contribution in [-0.4, -0.2) is 41.2 Å². The van der Waals surface area contributed by atoms with Crippen molar-refractivity contribution in [2.24, 2.45) is 0 Å². The standard InChI is InChI=1S/C21H21F2N3O/c1-14-6-18(12-27)19-8-16(2-3-20(19)25-14)17-7-15(9-24-10-17)11-26-5-4-21(22,23)13-26/h2-3,6-10,12,14,25H,4-5,11,13H2,1H3. The fraction of sp³-hybridized carbons (Fsp3) is 0.333. The number of hydrogen-bond acceptors (Lipinski definition) is 4. The summed E-state index contributed by atoms with van der Waals surface area (Å²) in [4.78, 5) is 17.5. The predicted octanol–water partition coefficient (Wildman–Crippen LogP) is 3.99. The Hall–Kier alpha value is -2.60. The van der Waals surface area contributed by atoms with E-state index >= 15 is 0 Å². The molecule has 2 aliphatic rings. The first-order valence-electron chi connectivity index (χ1n) is 9.06. The van der Waals surface area contributed by atoms with Gasteiger partial charge in [0.05, 0.1) is 6.54 Å². The van der Waals surface area contributed by atoms with Crippen molar-refractivity contribution >= 4 is 17.5 Å². The average Bonchev–Trinajstić information content (AvgIpc) is 2.99. The third-order valence-corrected chi connectivity index (χ3v) is 5.05. The summed E-state index contributed by atoms with van der Waals surface area (Å²) in [5.41, 5.74) is 5.22. The van der Waals surface area contributed by atoms with Gasteiger partial charge in [0.15, 0.2) is 0 Å². The molecule has 1 aromatic heterocycles. The molecule has 0 spiro atoms. The Bertz CT molecular complexity index is 910. The van der Waals surface area contributed by atoms with Crippen molar-refractivity contribution in [2.45, 2.75) is 31.9 Å². The molecule has 0 radical (unpaired) electrons. The van der Waals surface area contributed by atoms with Crippen LogP contribution in [0.5, 0.6) is 0 Å². The van der Waals surface area contributed by atoms with Gasteiger partial charge in [0.1, 0.15) is 6.29 Å². The highest BCUT2D eigenvalue weighted by molar-refractivity contribution is 6.11. The molecule has 3 heterocycles. The number of pyridine rings is 1. The molecular weight excluding hydrogens is 348 g/mol. The van der Waals surface area contributed by atoms with E-state index in [0.717, 1.165) is 34.2 Å². The van der Waals surface area contributed by atoms with Crippen LogP contribution >= 0.6 is 0 Å². The van der Waals surface area contributed by atoms with E-state index in [9.17, 15) is 13.6 Å². The fourth-order valence-corrected chi connectivity index (χ4v) is 3.77. The van der Waals surface area contributed by atoms with Crippen molar-refractivity contribution < 1.29 is 13.6 Å². The van der Waals surface area contributed by atoms with Gasteiger partial charge in [-0.2, -0.15) is 0 Å². The average molecular weight is 369 g/mol. The number of nitrogens with zero attached hydrogens (tertiary/aromatic N) is 2. The van der Waals surface area contributed by atoms with Gasteiger partial charge in [0.2, 0.25) is 0 Å². The lowest BCUT2D eigenvalue weighted by atomic mass is 9.94. The molecule has 6 heteroatoms. The minimum absolute atomic E-state index is 0.0861. The van der Waals surface area contributed by atoms with Crippen LogP contribution in [0.1, 0.15) is 24.5 Å². The van der Waals surface area contributed by atoms with Crippen LogP contribution in [0, 0.1) is 0 Å². The Balaban J connectivity index is 1.60. The van der Waals surface area contributed by atoms with E-state index in [1.807, 2.05) is 37.3 Å². The van der Waals surface area contributed by atoms with E-state index in [-0.39, 0.29) is 19.0 Å². The number of carbonyl (C=O) groups is 1. The molecule has 1 fully saturated rings. The van der Waals surface area contributed by atoms with Crippen LogP contribution < -0.4 is 5.32 Å². The number of rotatable bonds is 4. The summed E-state index contributed by atoms with van der Waals surface area (Å²) in [6, 6.07) is 8.00. The van der Waals surface area contributed by atoms with Crippen molar-refractivity contribution in [3.05, 3.63) is 53.9 Å². The Morgan fingerprint density at radius 2 is 2.15 bits per heavy atom. The maximum Gasteiger partial charge on any atom is 0.261 e. The topological polar surface area (TPSA) is 45.2 Å². The van der Waals surface area contributed by atoms with Gasteiger partial charge in [-0.15, -0.1) is 0 Å². The second-order valence-electron chi connectivity index (χ2n) is 7.33. The molecule has 1 N–H and O–H groups in total. The second-order valence-corrected chi connectivity index (χ2v) is 7.33. The number of anilines is 1. The number of aromatic nitrogens is 1. The number of alkyl halides is 2. The van der Waals surface area contributed by atoms with Crippen LogP contribution in [0.3, 0.4) is 0 Å². The van der Waals surface area contributed by atoms with Gasteiger partial charge in [-0.3, -0.25) is 14.7 Å². The molecule has 4 rings (SSSR count). The zero-order chi connectivity index (χ0) is 19.0. The summed E-state index contributed by atoms with van der Waals surface area (Å²) in [7, 11) is 0. The van der Waals surface area contributed by atoms with Gasteiger partial charge in [0.25, 0.3) is 5.92 Å². The summed E-state index contributed by atoms with van der Waals surface area (Å²) in [5, 5.41) is 3.34. The van der Waals surface area contributed by atoms with Gasteiger partial charge in [-0.25, -0.2) is 8.78 Å². The molecule has 1 atom stereocenters. The Kier molecular flexibility index (Phi) is 4.52. The van der Waals surface area contributed by atoms with Crippen LogP contribution in [-0.2, 0) is 11.3 Å². The number of aldehydes is 1. The summed E-state index contributed by atoms with van der Waals surface area (Å²) in [6.45, 7) is 2.65. The summed E-state index contributed by atoms with van der Waals surface area (Å²) >= 11 is 0. The fourth-order valence-electron chi connectivity index (χ4n) is 3.77. The second kappa shape index (κ2) is 6.85. The van der Waals surface area contributed by atoms with Crippen LogP contribution in [0.4, 0.5) is 14.5 Å². The van der Waals surface area contributed by atoms with E-state index in [4.69, 9.17) is 0 Å². The Morgan fingerprint density at radius 3 is 2.89 bits per heavy atom. The van der Waals surface area contributed by atoms with Crippen molar-refractivity contribution in [1.29, 1.82) is 0 Å². The first-order valence-corrected chi connectivity index (χ1v) is 9.06. The van der Waals surface area contributed by atoms with Gasteiger partial charge in [-0.05, 0) is 36.2 Å². The molecule has 4 nitrogen and oxygen atoms in total. The molecule has 0 aliphatic carbocycles. The third kappa shape index (κ3) is 3.76. The highest BCUT2D eigenvalue weighted by Crippen LogP contribution is 2.33. The van der Waals surface area contributed by atoms with E-state index < -0.39 is 5.92 Å². The van der Waals surface area contributed by atoms with Gasteiger partial charge in [-0.1, -0.05) is 12.1 Å².